The summed E-state index contributed by atoms with van der Waals surface area (Å²) >= 11 is 0. The number of rotatable bonds is 5. The van der Waals surface area contributed by atoms with E-state index in [2.05, 4.69) is 15.1 Å². The van der Waals surface area contributed by atoms with Crippen LogP contribution in [0.5, 0.6) is 0 Å². The molecule has 1 aliphatic heterocycles. The quantitative estimate of drug-likeness (QED) is 0.553. The molecule has 6 heteroatoms. The lowest BCUT2D eigenvalue weighted by Crippen LogP contribution is -2.33. The Morgan fingerprint density at radius 3 is 2.85 bits per heavy atom. The highest BCUT2D eigenvalue weighted by molar-refractivity contribution is 6.01. The number of aromatic nitrogens is 2. The number of amidine groups is 1. The molecule has 1 unspecified atom stereocenters. The normalized spacial score (nSPS) is 18.6. The molecule has 1 aliphatic rings. The predicted molar refractivity (Wildman–Crippen MR) is 79.2 cm³/mol. The lowest BCUT2D eigenvalue weighted by atomic mass is 10.1. The van der Waals surface area contributed by atoms with E-state index >= 15 is 0 Å². The summed E-state index contributed by atoms with van der Waals surface area (Å²) in [6.07, 6.45) is 3.91. The number of aryl methyl sites for hydroxylation is 1. The number of anilines is 1. The highest BCUT2D eigenvalue weighted by Gasteiger charge is 2.29. The highest BCUT2D eigenvalue weighted by Crippen LogP contribution is 2.30. The first-order valence-corrected chi connectivity index (χ1v) is 7.12. The molecule has 20 heavy (non-hydrogen) atoms. The molecule has 110 valence electrons. The first-order valence-electron chi connectivity index (χ1n) is 7.12. The van der Waals surface area contributed by atoms with Crippen molar-refractivity contribution in [1.29, 1.82) is 5.41 Å². The Bertz CT molecular complexity index is 503. The average Bonchev–Trinajstić information content (AvgIpc) is 2.87. The summed E-state index contributed by atoms with van der Waals surface area (Å²) in [5.74, 6) is 0.768. The van der Waals surface area contributed by atoms with Crippen LogP contribution in [0, 0.1) is 19.3 Å². The van der Waals surface area contributed by atoms with Gasteiger partial charge in [-0.3, -0.25) is 5.41 Å². The zero-order valence-electron chi connectivity index (χ0n) is 12.2. The van der Waals surface area contributed by atoms with E-state index in [0.717, 1.165) is 49.3 Å². The molecule has 4 N–H and O–H groups in total. The summed E-state index contributed by atoms with van der Waals surface area (Å²) < 4.78 is 0. The van der Waals surface area contributed by atoms with Crippen LogP contribution >= 0.6 is 0 Å². The van der Waals surface area contributed by atoms with Gasteiger partial charge in [0.25, 0.3) is 0 Å². The van der Waals surface area contributed by atoms with Crippen molar-refractivity contribution in [2.75, 3.05) is 18.1 Å². The third-order valence-electron chi connectivity index (χ3n) is 4.05. The Balaban J connectivity index is 2.36. The second-order valence-electron chi connectivity index (χ2n) is 5.38. The summed E-state index contributed by atoms with van der Waals surface area (Å²) in [5, 5.41) is 25.3. The molecular weight excluding hydrogens is 254 g/mol. The van der Waals surface area contributed by atoms with E-state index in [1.54, 1.807) is 0 Å². The van der Waals surface area contributed by atoms with Crippen molar-refractivity contribution >= 4 is 11.7 Å². The van der Waals surface area contributed by atoms with Crippen molar-refractivity contribution in [3.05, 3.63) is 16.8 Å². The van der Waals surface area contributed by atoms with Gasteiger partial charge >= 0.3 is 0 Å². The number of aliphatic hydroxyl groups is 1. The maximum absolute atomic E-state index is 9.01. The molecule has 0 bridgehead atoms. The molecule has 0 aromatic carbocycles. The second-order valence-corrected chi connectivity index (χ2v) is 5.38. The fourth-order valence-electron chi connectivity index (χ4n) is 2.86. The topological polar surface area (TPSA) is 99.1 Å². The third kappa shape index (κ3) is 2.75. The van der Waals surface area contributed by atoms with Crippen LogP contribution in [0.25, 0.3) is 0 Å². The van der Waals surface area contributed by atoms with Gasteiger partial charge in [-0.2, -0.15) is 5.10 Å². The van der Waals surface area contributed by atoms with Crippen LogP contribution in [0.2, 0.25) is 0 Å². The van der Waals surface area contributed by atoms with Gasteiger partial charge in [-0.05, 0) is 45.1 Å². The summed E-state index contributed by atoms with van der Waals surface area (Å²) in [6, 6.07) is 0.358. The Morgan fingerprint density at radius 2 is 2.20 bits per heavy atom. The van der Waals surface area contributed by atoms with Gasteiger partial charge in [-0.25, -0.2) is 0 Å². The van der Waals surface area contributed by atoms with Crippen LogP contribution in [0.4, 0.5) is 5.82 Å². The van der Waals surface area contributed by atoms with Gasteiger partial charge in [0, 0.05) is 19.2 Å². The first-order chi connectivity index (χ1) is 9.56. The first kappa shape index (κ1) is 14.7. The molecule has 2 heterocycles. The van der Waals surface area contributed by atoms with E-state index in [1.807, 2.05) is 13.8 Å². The van der Waals surface area contributed by atoms with Crippen molar-refractivity contribution in [1.82, 2.24) is 10.2 Å². The van der Waals surface area contributed by atoms with E-state index in [-0.39, 0.29) is 12.4 Å². The molecule has 1 aromatic heterocycles. The van der Waals surface area contributed by atoms with Crippen molar-refractivity contribution in [3.8, 4) is 0 Å². The van der Waals surface area contributed by atoms with Gasteiger partial charge in [0.1, 0.15) is 5.84 Å². The monoisotopic (exact) mass is 277 g/mol. The van der Waals surface area contributed by atoms with Crippen molar-refractivity contribution in [3.63, 3.8) is 0 Å². The zero-order chi connectivity index (χ0) is 14.7. The van der Waals surface area contributed by atoms with Crippen molar-refractivity contribution < 1.29 is 5.11 Å². The van der Waals surface area contributed by atoms with E-state index in [9.17, 15) is 0 Å². The number of hydrogen-bond acceptors (Lipinski definition) is 5. The van der Waals surface area contributed by atoms with Crippen molar-refractivity contribution in [2.24, 2.45) is 5.73 Å². The van der Waals surface area contributed by atoms with Crippen LogP contribution in [0.3, 0.4) is 0 Å². The zero-order valence-corrected chi connectivity index (χ0v) is 12.2. The summed E-state index contributed by atoms with van der Waals surface area (Å²) in [7, 11) is 0. The van der Waals surface area contributed by atoms with Crippen LogP contribution in [-0.2, 0) is 0 Å². The summed E-state index contributed by atoms with van der Waals surface area (Å²) in [5.41, 5.74) is 8.18. The molecule has 1 fully saturated rings. The van der Waals surface area contributed by atoms with Crippen molar-refractivity contribution in [2.45, 2.75) is 45.6 Å². The lowest BCUT2D eigenvalue weighted by molar-refractivity contribution is 0.279. The van der Waals surface area contributed by atoms with E-state index in [4.69, 9.17) is 16.2 Å². The van der Waals surface area contributed by atoms with E-state index in [1.165, 1.54) is 0 Å². The van der Waals surface area contributed by atoms with Gasteiger partial charge in [-0.1, -0.05) is 0 Å². The standard InChI is InChI=1S/C14H23N5O/c1-9-10(2)17-18-14(12(9)13(15)16)19-7-3-5-11(19)6-4-8-20/h11,20H,3-8H2,1-2H3,(H3,15,16). The van der Waals surface area contributed by atoms with Gasteiger partial charge in [0.05, 0.1) is 11.3 Å². The lowest BCUT2D eigenvalue weighted by Gasteiger charge is -2.27. The van der Waals surface area contributed by atoms with E-state index in [0.29, 0.717) is 11.6 Å². The van der Waals surface area contributed by atoms with Gasteiger partial charge in [-0.15, -0.1) is 5.10 Å². The number of nitrogens with one attached hydrogen (secondary N) is 1. The number of hydrogen-bond donors (Lipinski definition) is 3. The SMILES string of the molecule is Cc1nnc(N2CCCC2CCCO)c(C(=N)N)c1C. The van der Waals surface area contributed by atoms with Crippen LogP contribution in [-0.4, -0.2) is 40.3 Å². The Kier molecular flexibility index (Phi) is 4.54. The molecule has 0 saturated carbocycles. The molecule has 1 saturated heterocycles. The molecule has 6 nitrogen and oxygen atoms in total. The minimum atomic E-state index is 0.0447. The van der Waals surface area contributed by atoms with Gasteiger partial charge in [0.15, 0.2) is 5.82 Å². The molecule has 1 aromatic rings. The third-order valence-corrected chi connectivity index (χ3v) is 4.05. The van der Waals surface area contributed by atoms with E-state index < -0.39 is 0 Å². The largest absolute Gasteiger partial charge is 0.396 e. The minimum absolute atomic E-state index is 0.0447. The van der Waals surface area contributed by atoms with Gasteiger partial charge < -0.3 is 15.7 Å². The summed E-state index contributed by atoms with van der Waals surface area (Å²) in [6.45, 7) is 4.94. The Morgan fingerprint density at radius 1 is 1.45 bits per heavy atom. The molecule has 0 spiro atoms. The highest BCUT2D eigenvalue weighted by atomic mass is 16.2. The maximum atomic E-state index is 9.01. The molecule has 0 amide bonds. The second kappa shape index (κ2) is 6.17. The Hall–Kier alpha value is -1.69. The minimum Gasteiger partial charge on any atom is -0.396 e. The number of nitrogen functional groups attached to an aromatic ring is 1. The number of aliphatic hydroxyl groups excluding tert-OH is 1. The van der Waals surface area contributed by atoms with Crippen LogP contribution in [0.15, 0.2) is 0 Å². The van der Waals surface area contributed by atoms with Gasteiger partial charge in [0.2, 0.25) is 0 Å². The number of nitrogens with two attached hydrogens (primary N) is 1. The Labute approximate surface area is 119 Å². The smallest absolute Gasteiger partial charge is 0.162 e. The fraction of sp³-hybridized carbons (Fsp3) is 0.643. The predicted octanol–water partition coefficient (Wildman–Crippen LogP) is 1.12. The molecule has 1 atom stereocenters. The van der Waals surface area contributed by atoms with Crippen LogP contribution < -0.4 is 10.6 Å². The number of nitrogens with zero attached hydrogens (tertiary/aromatic N) is 3. The summed E-state index contributed by atoms with van der Waals surface area (Å²) in [4.78, 5) is 2.20. The maximum Gasteiger partial charge on any atom is 0.162 e. The molecule has 2 rings (SSSR count). The average molecular weight is 277 g/mol. The molecule has 0 radical (unpaired) electrons. The molecule has 0 aliphatic carbocycles. The molecular formula is C14H23N5O. The van der Waals surface area contributed by atoms with Crippen LogP contribution in [0.1, 0.15) is 42.5 Å². The fourth-order valence-corrected chi connectivity index (χ4v) is 2.86.